The fourth-order valence-corrected chi connectivity index (χ4v) is 3.95. The van der Waals surface area contributed by atoms with Crippen molar-refractivity contribution in [2.45, 2.75) is 32.2 Å². The second-order valence-electron chi connectivity index (χ2n) is 8.10. The van der Waals surface area contributed by atoms with Crippen molar-refractivity contribution in [2.75, 3.05) is 6.54 Å². The number of nitrogens with zero attached hydrogens (tertiary/aromatic N) is 2. The summed E-state index contributed by atoms with van der Waals surface area (Å²) in [5.41, 5.74) is 0.119. The van der Waals surface area contributed by atoms with Crippen LogP contribution in [0.4, 0.5) is 4.39 Å². The minimum atomic E-state index is -1.17. The third-order valence-electron chi connectivity index (χ3n) is 5.76. The van der Waals surface area contributed by atoms with Gasteiger partial charge in [-0.25, -0.2) is 4.39 Å². The number of carbonyl (C=O) groups excluding carboxylic acids is 2. The molecule has 0 radical (unpaired) electrons. The van der Waals surface area contributed by atoms with Crippen molar-refractivity contribution < 1.29 is 24.2 Å². The predicted molar refractivity (Wildman–Crippen MR) is 122 cm³/mol. The van der Waals surface area contributed by atoms with Gasteiger partial charge in [0.2, 0.25) is 5.43 Å². The molecule has 9 heteroatoms. The van der Waals surface area contributed by atoms with Gasteiger partial charge in [0.15, 0.2) is 11.4 Å². The number of rotatable bonds is 7. The van der Waals surface area contributed by atoms with Crippen LogP contribution in [0.3, 0.4) is 0 Å². The van der Waals surface area contributed by atoms with Crippen LogP contribution < -0.4 is 10.7 Å². The fraction of sp³-hybridized carbons (Fsp3) is 0.240. The number of aromatic hydroxyl groups is 1. The minimum Gasteiger partial charge on any atom is -0.503 e. The molecule has 3 aromatic rings. The Kier molecular flexibility index (Phi) is 6.74. The summed E-state index contributed by atoms with van der Waals surface area (Å²) in [6, 6.07) is 15.2. The van der Waals surface area contributed by atoms with Crippen LogP contribution in [0.15, 0.2) is 65.6 Å². The molecule has 176 valence electrons. The lowest BCUT2D eigenvalue weighted by Gasteiger charge is -2.34. The summed E-state index contributed by atoms with van der Waals surface area (Å²) in [6.07, 6.45) is 1.28. The van der Waals surface area contributed by atoms with Crippen LogP contribution >= 0.6 is 0 Å². The van der Waals surface area contributed by atoms with Crippen LogP contribution in [0.2, 0.25) is 0 Å². The van der Waals surface area contributed by atoms with E-state index in [-0.39, 0.29) is 30.9 Å². The zero-order valence-electron chi connectivity index (χ0n) is 18.3. The highest BCUT2D eigenvalue weighted by Gasteiger charge is 2.35. The number of halogens is 1. The Morgan fingerprint density at radius 1 is 1.06 bits per heavy atom. The van der Waals surface area contributed by atoms with Gasteiger partial charge in [-0.3, -0.25) is 14.4 Å². The van der Waals surface area contributed by atoms with Gasteiger partial charge in [0.05, 0.1) is 6.54 Å². The maximum Gasteiger partial charge on any atom is 0.276 e. The molecule has 34 heavy (non-hydrogen) atoms. The average Bonchev–Trinajstić information content (AvgIpc) is 2.83. The van der Waals surface area contributed by atoms with E-state index in [0.29, 0.717) is 18.4 Å². The Balaban J connectivity index is 1.49. The van der Waals surface area contributed by atoms with Gasteiger partial charge < -0.3 is 25.0 Å². The van der Waals surface area contributed by atoms with E-state index in [4.69, 9.17) is 0 Å². The SMILES string of the molecule is O=C(NCc1ccc(F)cc1)c1cn2c(c(O)c1=O)C(=O)N(CCCc1ccccc1)C(O)C2. The van der Waals surface area contributed by atoms with Gasteiger partial charge >= 0.3 is 0 Å². The number of aryl methyl sites for hydroxylation is 1. The molecule has 8 nitrogen and oxygen atoms in total. The number of hydrogen-bond donors (Lipinski definition) is 3. The van der Waals surface area contributed by atoms with Gasteiger partial charge in [-0.05, 0) is 36.1 Å². The van der Waals surface area contributed by atoms with Gasteiger partial charge in [0.25, 0.3) is 11.8 Å². The van der Waals surface area contributed by atoms with Gasteiger partial charge in [0, 0.05) is 19.3 Å². The van der Waals surface area contributed by atoms with Crippen molar-refractivity contribution in [1.29, 1.82) is 0 Å². The average molecular weight is 465 g/mol. The predicted octanol–water partition coefficient (Wildman–Crippen LogP) is 2.03. The molecule has 0 fully saturated rings. The number of aromatic nitrogens is 1. The standard InChI is InChI=1S/C25H24FN3O5/c26-18-10-8-17(9-11-18)13-27-24(33)19-14-28-15-20(30)29(25(34)21(28)23(32)22(19)31)12-4-7-16-5-2-1-3-6-16/h1-3,5-6,8-11,14,20,30,32H,4,7,12-13,15H2,(H,27,33). The Bertz CT molecular complexity index is 1260. The largest absolute Gasteiger partial charge is 0.503 e. The Morgan fingerprint density at radius 3 is 2.47 bits per heavy atom. The number of carbonyl (C=O) groups is 2. The van der Waals surface area contributed by atoms with Gasteiger partial charge in [-0.1, -0.05) is 42.5 Å². The summed E-state index contributed by atoms with van der Waals surface area (Å²) in [7, 11) is 0. The molecule has 0 aliphatic carbocycles. The Morgan fingerprint density at radius 2 is 1.76 bits per heavy atom. The molecule has 1 aromatic heterocycles. The molecule has 0 bridgehead atoms. The monoisotopic (exact) mass is 465 g/mol. The first-order chi connectivity index (χ1) is 16.3. The summed E-state index contributed by atoms with van der Waals surface area (Å²) in [5, 5.41) is 23.6. The molecule has 1 aliphatic heterocycles. The molecule has 2 amide bonds. The molecule has 0 spiro atoms. The Hall–Kier alpha value is -3.98. The molecular formula is C25H24FN3O5. The third kappa shape index (κ3) is 4.84. The topological polar surface area (TPSA) is 112 Å². The summed E-state index contributed by atoms with van der Waals surface area (Å²) < 4.78 is 14.3. The van der Waals surface area contributed by atoms with E-state index in [2.05, 4.69) is 5.32 Å². The van der Waals surface area contributed by atoms with E-state index in [9.17, 15) is 29.0 Å². The van der Waals surface area contributed by atoms with E-state index in [1.54, 1.807) is 0 Å². The van der Waals surface area contributed by atoms with Crippen molar-refractivity contribution >= 4 is 11.8 Å². The second-order valence-corrected chi connectivity index (χ2v) is 8.10. The van der Waals surface area contributed by atoms with Crippen LogP contribution in [-0.4, -0.2) is 44.3 Å². The van der Waals surface area contributed by atoms with E-state index in [1.165, 1.54) is 39.9 Å². The van der Waals surface area contributed by atoms with Crippen molar-refractivity contribution in [2.24, 2.45) is 0 Å². The lowest BCUT2D eigenvalue weighted by atomic mass is 10.1. The smallest absolute Gasteiger partial charge is 0.276 e. The maximum atomic E-state index is 13.0. The lowest BCUT2D eigenvalue weighted by molar-refractivity contribution is -0.0127. The van der Waals surface area contributed by atoms with Crippen molar-refractivity contribution in [3.05, 3.63) is 99.2 Å². The first-order valence-electron chi connectivity index (χ1n) is 10.9. The molecule has 0 saturated carbocycles. The molecular weight excluding hydrogens is 441 g/mol. The van der Waals surface area contributed by atoms with Gasteiger partial charge in [-0.15, -0.1) is 0 Å². The first kappa shape index (κ1) is 23.2. The quantitative estimate of drug-likeness (QED) is 0.494. The lowest BCUT2D eigenvalue weighted by Crippen LogP contribution is -2.49. The number of pyridine rings is 1. The number of fused-ring (bicyclic) bond motifs is 1. The molecule has 1 atom stereocenters. The molecule has 2 aromatic carbocycles. The maximum absolute atomic E-state index is 13.0. The van der Waals surface area contributed by atoms with Crippen LogP contribution in [-0.2, 0) is 19.5 Å². The molecule has 2 heterocycles. The van der Waals surface area contributed by atoms with E-state index >= 15 is 0 Å². The van der Waals surface area contributed by atoms with E-state index in [0.717, 1.165) is 5.56 Å². The van der Waals surface area contributed by atoms with Gasteiger partial charge in [-0.2, -0.15) is 0 Å². The highest BCUT2D eigenvalue weighted by Crippen LogP contribution is 2.23. The molecule has 4 rings (SSSR count). The summed E-state index contributed by atoms with van der Waals surface area (Å²) in [4.78, 5) is 39.4. The normalized spacial score (nSPS) is 15.2. The van der Waals surface area contributed by atoms with Crippen molar-refractivity contribution in [3.8, 4) is 5.75 Å². The third-order valence-corrected chi connectivity index (χ3v) is 5.76. The number of amides is 2. The number of aliphatic hydroxyl groups excluding tert-OH is 1. The van der Waals surface area contributed by atoms with Crippen molar-refractivity contribution in [1.82, 2.24) is 14.8 Å². The first-order valence-corrected chi connectivity index (χ1v) is 10.9. The number of aliphatic hydroxyl groups is 1. The number of nitrogens with one attached hydrogen (secondary N) is 1. The van der Waals surface area contributed by atoms with E-state index < -0.39 is 35.0 Å². The van der Waals surface area contributed by atoms with E-state index in [1.807, 2.05) is 30.3 Å². The summed E-state index contributed by atoms with van der Waals surface area (Å²) in [5.74, 6) is -2.68. The number of benzene rings is 2. The highest BCUT2D eigenvalue weighted by molar-refractivity contribution is 5.99. The van der Waals surface area contributed by atoms with Crippen LogP contribution in [0.5, 0.6) is 5.75 Å². The van der Waals surface area contributed by atoms with Crippen LogP contribution in [0, 0.1) is 5.82 Å². The zero-order valence-corrected chi connectivity index (χ0v) is 18.3. The second kappa shape index (κ2) is 9.88. The fourth-order valence-electron chi connectivity index (χ4n) is 3.95. The van der Waals surface area contributed by atoms with Crippen LogP contribution in [0.25, 0.3) is 0 Å². The Labute approximate surface area is 194 Å². The zero-order chi connectivity index (χ0) is 24.2. The summed E-state index contributed by atoms with van der Waals surface area (Å²) in [6.45, 7) is 0.179. The van der Waals surface area contributed by atoms with Crippen LogP contribution in [0.1, 0.15) is 38.4 Å². The molecule has 1 unspecified atom stereocenters. The molecule has 3 N–H and O–H groups in total. The van der Waals surface area contributed by atoms with Gasteiger partial charge in [0.1, 0.15) is 17.6 Å². The highest BCUT2D eigenvalue weighted by atomic mass is 19.1. The molecule has 1 aliphatic rings. The minimum absolute atomic E-state index is 0.0395. The summed E-state index contributed by atoms with van der Waals surface area (Å²) >= 11 is 0. The van der Waals surface area contributed by atoms with Crippen molar-refractivity contribution in [3.63, 3.8) is 0 Å². The molecule has 0 saturated heterocycles. The number of hydrogen-bond acceptors (Lipinski definition) is 5.